The Bertz CT molecular complexity index is 645. The fourth-order valence-corrected chi connectivity index (χ4v) is 3.73. The van der Waals surface area contributed by atoms with Gasteiger partial charge in [0.25, 0.3) is 0 Å². The highest BCUT2D eigenvalue weighted by Gasteiger charge is 2.35. The molecule has 2 N–H and O–H groups in total. The lowest BCUT2D eigenvalue weighted by Gasteiger charge is -2.39. The van der Waals surface area contributed by atoms with Crippen molar-refractivity contribution in [2.75, 3.05) is 33.9 Å². The Hall–Kier alpha value is -1.06. The molecule has 2 heterocycles. The maximum Gasteiger partial charge on any atom is 0.191 e. The number of para-hydroxylation sites is 1. The van der Waals surface area contributed by atoms with Crippen LogP contribution in [0.3, 0.4) is 0 Å². The lowest BCUT2D eigenvalue weighted by molar-refractivity contribution is -0.0856. The molecule has 1 aromatic carbocycles. The normalized spacial score (nSPS) is 23.4. The molecule has 1 unspecified atom stereocenters. The third kappa shape index (κ3) is 5.48. The molecule has 1 atom stereocenters. The maximum atomic E-state index is 6.12. The molecule has 27 heavy (non-hydrogen) atoms. The topological polar surface area (TPSA) is 64.1 Å². The summed E-state index contributed by atoms with van der Waals surface area (Å²) in [5, 5.41) is 7.02. The van der Waals surface area contributed by atoms with Crippen LogP contribution in [0.1, 0.15) is 44.7 Å². The number of rotatable bonds is 4. The molecule has 0 amide bonds. The van der Waals surface area contributed by atoms with E-state index in [9.17, 15) is 0 Å². The molecule has 1 aromatic rings. The van der Waals surface area contributed by atoms with Crippen LogP contribution in [0.5, 0.6) is 5.75 Å². The van der Waals surface area contributed by atoms with Gasteiger partial charge in [0.2, 0.25) is 0 Å². The highest BCUT2D eigenvalue weighted by molar-refractivity contribution is 14.0. The Morgan fingerprint density at radius 3 is 2.63 bits per heavy atom. The molecule has 0 spiro atoms. The SMILES string of the molecule is CN=C(NCC1(OC)CCOCC1)NC1CC(C)(C)Oc2ccccc21.I. The monoisotopic (exact) mass is 489 g/mol. The number of fused-ring (bicyclic) bond motifs is 1. The van der Waals surface area contributed by atoms with E-state index in [4.69, 9.17) is 14.2 Å². The van der Waals surface area contributed by atoms with Crippen molar-refractivity contribution in [1.82, 2.24) is 10.6 Å². The van der Waals surface area contributed by atoms with Gasteiger partial charge in [-0.15, -0.1) is 24.0 Å². The molecule has 0 aromatic heterocycles. The van der Waals surface area contributed by atoms with Gasteiger partial charge in [-0.1, -0.05) is 18.2 Å². The van der Waals surface area contributed by atoms with Gasteiger partial charge >= 0.3 is 0 Å². The quantitative estimate of drug-likeness (QED) is 0.386. The minimum Gasteiger partial charge on any atom is -0.487 e. The van der Waals surface area contributed by atoms with E-state index in [0.29, 0.717) is 6.54 Å². The van der Waals surface area contributed by atoms with Crippen molar-refractivity contribution in [1.29, 1.82) is 0 Å². The van der Waals surface area contributed by atoms with E-state index >= 15 is 0 Å². The van der Waals surface area contributed by atoms with E-state index in [1.807, 2.05) is 18.2 Å². The summed E-state index contributed by atoms with van der Waals surface area (Å²) in [4.78, 5) is 4.42. The second kappa shape index (κ2) is 9.43. The number of nitrogens with zero attached hydrogens (tertiary/aromatic N) is 1. The van der Waals surface area contributed by atoms with Crippen molar-refractivity contribution in [2.24, 2.45) is 4.99 Å². The molecule has 7 heteroatoms. The third-order valence-corrected chi connectivity index (χ3v) is 5.33. The van der Waals surface area contributed by atoms with E-state index < -0.39 is 0 Å². The number of ether oxygens (including phenoxy) is 3. The predicted molar refractivity (Wildman–Crippen MR) is 118 cm³/mol. The van der Waals surface area contributed by atoms with Gasteiger partial charge < -0.3 is 24.8 Å². The van der Waals surface area contributed by atoms with Crippen LogP contribution in [0.15, 0.2) is 29.3 Å². The van der Waals surface area contributed by atoms with Crippen LogP contribution < -0.4 is 15.4 Å². The number of benzene rings is 1. The van der Waals surface area contributed by atoms with Crippen LogP contribution >= 0.6 is 24.0 Å². The van der Waals surface area contributed by atoms with Crippen LogP contribution in [0.4, 0.5) is 0 Å². The maximum absolute atomic E-state index is 6.12. The van der Waals surface area contributed by atoms with Crippen molar-refractivity contribution < 1.29 is 14.2 Å². The summed E-state index contributed by atoms with van der Waals surface area (Å²) in [5.41, 5.74) is 0.754. The third-order valence-electron chi connectivity index (χ3n) is 5.33. The second-order valence-electron chi connectivity index (χ2n) is 7.73. The summed E-state index contributed by atoms with van der Waals surface area (Å²) in [5.74, 6) is 1.72. The number of methoxy groups -OCH3 is 1. The fourth-order valence-electron chi connectivity index (χ4n) is 3.73. The number of nitrogens with one attached hydrogen (secondary N) is 2. The molecule has 152 valence electrons. The number of halogens is 1. The molecular formula is C20H32IN3O3. The van der Waals surface area contributed by atoms with E-state index in [-0.39, 0.29) is 41.2 Å². The van der Waals surface area contributed by atoms with Crippen molar-refractivity contribution in [3.63, 3.8) is 0 Å². The summed E-state index contributed by atoms with van der Waals surface area (Å²) < 4.78 is 17.4. The van der Waals surface area contributed by atoms with Gasteiger partial charge in [0, 0.05) is 58.7 Å². The zero-order chi connectivity index (χ0) is 18.6. The van der Waals surface area contributed by atoms with E-state index in [2.05, 4.69) is 35.5 Å². The van der Waals surface area contributed by atoms with Gasteiger partial charge in [0.1, 0.15) is 11.4 Å². The van der Waals surface area contributed by atoms with E-state index in [1.165, 1.54) is 5.56 Å². The first-order valence-corrected chi connectivity index (χ1v) is 9.35. The highest BCUT2D eigenvalue weighted by atomic mass is 127. The van der Waals surface area contributed by atoms with Gasteiger partial charge in [-0.25, -0.2) is 0 Å². The van der Waals surface area contributed by atoms with Crippen molar-refractivity contribution >= 4 is 29.9 Å². The summed E-state index contributed by atoms with van der Waals surface area (Å²) in [6, 6.07) is 8.35. The fraction of sp³-hybridized carbons (Fsp3) is 0.650. The molecule has 3 rings (SSSR count). The largest absolute Gasteiger partial charge is 0.487 e. The van der Waals surface area contributed by atoms with Crippen LogP contribution in [-0.2, 0) is 9.47 Å². The Kier molecular flexibility index (Phi) is 7.76. The number of hydrogen-bond acceptors (Lipinski definition) is 4. The molecule has 1 fully saturated rings. The van der Waals surface area contributed by atoms with E-state index in [1.54, 1.807) is 14.2 Å². The van der Waals surface area contributed by atoms with Crippen molar-refractivity contribution in [2.45, 2.75) is 50.4 Å². The van der Waals surface area contributed by atoms with Crippen LogP contribution in [0.2, 0.25) is 0 Å². The summed E-state index contributed by atoms with van der Waals surface area (Å²) in [7, 11) is 3.58. The first-order chi connectivity index (χ1) is 12.5. The van der Waals surface area contributed by atoms with Crippen LogP contribution in [0.25, 0.3) is 0 Å². The minimum atomic E-state index is -0.223. The van der Waals surface area contributed by atoms with Gasteiger partial charge in [-0.2, -0.15) is 0 Å². The molecule has 1 saturated heterocycles. The molecule has 0 saturated carbocycles. The van der Waals surface area contributed by atoms with Crippen LogP contribution in [0, 0.1) is 0 Å². The average molecular weight is 489 g/mol. The van der Waals surface area contributed by atoms with Crippen molar-refractivity contribution in [3.05, 3.63) is 29.8 Å². The lowest BCUT2D eigenvalue weighted by atomic mass is 9.90. The molecule has 0 aliphatic carbocycles. The first-order valence-electron chi connectivity index (χ1n) is 9.35. The Morgan fingerprint density at radius 1 is 1.26 bits per heavy atom. The van der Waals surface area contributed by atoms with Gasteiger partial charge in [0.05, 0.1) is 11.6 Å². The van der Waals surface area contributed by atoms with Gasteiger partial charge in [0.15, 0.2) is 5.96 Å². The molecule has 2 aliphatic heterocycles. The Morgan fingerprint density at radius 2 is 1.96 bits per heavy atom. The standard InChI is InChI=1S/C20H31N3O3.HI/c1-19(2)13-16(15-7-5-6-8-17(15)26-19)23-18(21-3)22-14-20(24-4)9-11-25-12-10-20;/h5-8,16H,9-14H2,1-4H3,(H2,21,22,23);1H. The Balaban J connectivity index is 0.00000261. The summed E-state index contributed by atoms with van der Waals surface area (Å²) in [6.45, 7) is 6.43. The Labute approximate surface area is 179 Å². The molecule has 2 aliphatic rings. The van der Waals surface area contributed by atoms with Gasteiger partial charge in [-0.05, 0) is 19.9 Å². The number of hydrogen-bond donors (Lipinski definition) is 2. The van der Waals surface area contributed by atoms with Gasteiger partial charge in [-0.3, -0.25) is 4.99 Å². The summed E-state index contributed by atoms with van der Waals surface area (Å²) >= 11 is 0. The zero-order valence-electron chi connectivity index (χ0n) is 16.7. The molecular weight excluding hydrogens is 457 g/mol. The first kappa shape index (κ1) is 22.2. The lowest BCUT2D eigenvalue weighted by Crippen LogP contribution is -2.52. The van der Waals surface area contributed by atoms with Crippen LogP contribution in [-0.4, -0.2) is 51.1 Å². The number of guanidine groups is 1. The zero-order valence-corrected chi connectivity index (χ0v) is 19.0. The molecule has 6 nitrogen and oxygen atoms in total. The summed E-state index contributed by atoms with van der Waals surface area (Å²) in [6.07, 6.45) is 2.65. The number of aliphatic imine (C=N–C) groups is 1. The average Bonchev–Trinajstić information content (AvgIpc) is 2.65. The highest BCUT2D eigenvalue weighted by Crippen LogP contribution is 2.39. The van der Waals surface area contributed by atoms with Crippen molar-refractivity contribution in [3.8, 4) is 5.75 Å². The smallest absolute Gasteiger partial charge is 0.191 e. The molecule has 0 radical (unpaired) electrons. The predicted octanol–water partition coefficient (Wildman–Crippen LogP) is 3.27. The minimum absolute atomic E-state index is 0. The second-order valence-corrected chi connectivity index (χ2v) is 7.73. The molecule has 0 bridgehead atoms. The van der Waals surface area contributed by atoms with E-state index in [0.717, 1.165) is 44.2 Å².